The second-order valence-electron chi connectivity index (χ2n) is 9.03. The first kappa shape index (κ1) is 27.2. The third kappa shape index (κ3) is 6.35. The first-order chi connectivity index (χ1) is 18.0. The van der Waals surface area contributed by atoms with E-state index in [1.807, 2.05) is 6.07 Å². The first-order valence-corrected chi connectivity index (χ1v) is 12.1. The minimum absolute atomic E-state index is 0. The summed E-state index contributed by atoms with van der Waals surface area (Å²) < 4.78 is 31.8. The fourth-order valence-corrected chi connectivity index (χ4v) is 4.57. The second kappa shape index (κ2) is 12.1. The molecule has 3 N–H and O–H groups in total. The van der Waals surface area contributed by atoms with E-state index in [-0.39, 0.29) is 49.5 Å². The van der Waals surface area contributed by atoms with Gasteiger partial charge in [0.15, 0.2) is 6.61 Å². The van der Waals surface area contributed by atoms with Gasteiger partial charge >= 0.3 is 0 Å². The van der Waals surface area contributed by atoms with Crippen molar-refractivity contribution in [2.75, 3.05) is 26.8 Å². The molecule has 2 heterocycles. The van der Waals surface area contributed by atoms with Gasteiger partial charge in [0.1, 0.15) is 29.2 Å². The maximum absolute atomic E-state index is 14.4. The van der Waals surface area contributed by atoms with Crippen LogP contribution in [0, 0.1) is 5.82 Å². The van der Waals surface area contributed by atoms with Crippen molar-refractivity contribution < 1.29 is 28.2 Å². The molecular formula is C28H29ClFN3O5. The van der Waals surface area contributed by atoms with Crippen molar-refractivity contribution in [3.8, 4) is 28.4 Å². The monoisotopic (exact) mass is 541 g/mol. The van der Waals surface area contributed by atoms with Gasteiger partial charge in [0.25, 0.3) is 11.8 Å². The molecule has 3 aromatic carbocycles. The van der Waals surface area contributed by atoms with E-state index in [0.717, 1.165) is 5.56 Å². The molecule has 200 valence electrons. The molecule has 3 aromatic rings. The number of carbonyl (C=O) groups is 2. The Bertz CT molecular complexity index is 1320. The maximum atomic E-state index is 14.4. The van der Waals surface area contributed by atoms with Crippen LogP contribution in [0.4, 0.5) is 4.39 Å². The zero-order valence-electron chi connectivity index (χ0n) is 20.8. The number of benzene rings is 3. The molecule has 38 heavy (non-hydrogen) atoms. The lowest BCUT2D eigenvalue weighted by molar-refractivity contribution is -0.123. The predicted molar refractivity (Wildman–Crippen MR) is 143 cm³/mol. The van der Waals surface area contributed by atoms with Crippen LogP contribution >= 0.6 is 12.4 Å². The Hall–Kier alpha value is -3.82. The Morgan fingerprint density at radius 3 is 2.71 bits per heavy atom. The van der Waals surface area contributed by atoms with Gasteiger partial charge in [0.2, 0.25) is 0 Å². The lowest BCUT2D eigenvalue weighted by Gasteiger charge is -2.33. The van der Waals surface area contributed by atoms with Crippen molar-refractivity contribution >= 4 is 24.2 Å². The summed E-state index contributed by atoms with van der Waals surface area (Å²) in [6, 6.07) is 16.4. The minimum Gasteiger partial charge on any atom is -0.496 e. The lowest BCUT2D eigenvalue weighted by Crippen LogP contribution is -2.55. The van der Waals surface area contributed by atoms with Crippen molar-refractivity contribution in [3.05, 3.63) is 77.6 Å². The highest BCUT2D eigenvalue weighted by molar-refractivity contribution is 5.96. The van der Waals surface area contributed by atoms with Crippen LogP contribution in [0.2, 0.25) is 0 Å². The standard InChI is InChI=1S/C28H28FN3O5.ClH/c1-35-25-6-5-19-12-23(25)18-3-2-4-21(11-18)36-16-27(33)31-14-17-9-20(29)13-22(10-17)37-26-7-8-30-15-24(26)32-28(19)34;/h2-6,9-13,24,26,30H,7-8,14-16H2,1H3,(H,31,33)(H,32,34);1H/t24-,26-;/m1./s1. The van der Waals surface area contributed by atoms with Crippen LogP contribution in [0.15, 0.2) is 60.7 Å². The Labute approximate surface area is 226 Å². The third-order valence-corrected chi connectivity index (χ3v) is 6.42. The summed E-state index contributed by atoms with van der Waals surface area (Å²) in [6.45, 7) is 1.12. The van der Waals surface area contributed by atoms with Crippen molar-refractivity contribution in [1.29, 1.82) is 0 Å². The van der Waals surface area contributed by atoms with Gasteiger partial charge in [-0.05, 0) is 66.6 Å². The number of rotatable bonds is 1. The van der Waals surface area contributed by atoms with E-state index < -0.39 is 5.82 Å². The van der Waals surface area contributed by atoms with Crippen LogP contribution in [0.3, 0.4) is 0 Å². The van der Waals surface area contributed by atoms with Crippen LogP contribution in [0.1, 0.15) is 22.3 Å². The van der Waals surface area contributed by atoms with Crippen molar-refractivity contribution in [2.24, 2.45) is 0 Å². The number of carbonyl (C=O) groups excluding carboxylic acids is 2. The molecule has 2 atom stereocenters. The number of piperidine rings is 1. The van der Waals surface area contributed by atoms with E-state index in [2.05, 4.69) is 16.0 Å². The summed E-state index contributed by atoms with van der Waals surface area (Å²) in [7, 11) is 1.57. The summed E-state index contributed by atoms with van der Waals surface area (Å²) in [5.74, 6) is 0.349. The van der Waals surface area contributed by atoms with E-state index in [9.17, 15) is 14.0 Å². The summed E-state index contributed by atoms with van der Waals surface area (Å²) in [4.78, 5) is 25.7. The van der Waals surface area contributed by atoms with Crippen LogP contribution in [-0.4, -0.2) is 50.8 Å². The van der Waals surface area contributed by atoms with Gasteiger partial charge in [0, 0.05) is 30.3 Å². The van der Waals surface area contributed by atoms with Gasteiger partial charge in [-0.2, -0.15) is 0 Å². The number of hydrogen-bond acceptors (Lipinski definition) is 6. The topological polar surface area (TPSA) is 97.9 Å². The third-order valence-electron chi connectivity index (χ3n) is 6.42. The summed E-state index contributed by atoms with van der Waals surface area (Å²) in [5, 5.41) is 9.11. The molecule has 0 saturated carbocycles. The molecule has 1 saturated heterocycles. The van der Waals surface area contributed by atoms with Crippen molar-refractivity contribution in [1.82, 2.24) is 16.0 Å². The quantitative estimate of drug-likeness (QED) is 0.436. The summed E-state index contributed by atoms with van der Waals surface area (Å²) in [6.07, 6.45) is 0.269. The molecule has 6 bridgehead atoms. The zero-order chi connectivity index (χ0) is 25.8. The highest BCUT2D eigenvalue weighted by Crippen LogP contribution is 2.33. The second-order valence-corrected chi connectivity index (χ2v) is 9.03. The average Bonchev–Trinajstić information content (AvgIpc) is 2.91. The largest absolute Gasteiger partial charge is 0.496 e. The molecule has 2 aliphatic heterocycles. The smallest absolute Gasteiger partial charge is 0.258 e. The molecule has 5 rings (SSSR count). The van der Waals surface area contributed by atoms with Crippen LogP contribution in [0.5, 0.6) is 17.2 Å². The Balaban J connectivity index is 0.00000336. The van der Waals surface area contributed by atoms with Crippen LogP contribution in [-0.2, 0) is 11.3 Å². The predicted octanol–water partition coefficient (Wildman–Crippen LogP) is 3.47. The molecule has 8 nitrogen and oxygen atoms in total. The normalized spacial score (nSPS) is 19.4. The van der Waals surface area contributed by atoms with Gasteiger partial charge in [-0.3, -0.25) is 9.59 Å². The Morgan fingerprint density at radius 2 is 1.87 bits per heavy atom. The summed E-state index contributed by atoms with van der Waals surface area (Å²) in [5.41, 5.74) is 2.50. The molecule has 2 amide bonds. The van der Waals surface area contributed by atoms with E-state index in [1.54, 1.807) is 49.6 Å². The maximum Gasteiger partial charge on any atom is 0.258 e. The fraction of sp³-hybridized carbons (Fsp3) is 0.286. The van der Waals surface area contributed by atoms with Crippen molar-refractivity contribution in [3.63, 3.8) is 0 Å². The lowest BCUT2D eigenvalue weighted by atomic mass is 10.00. The molecule has 0 radical (unpaired) electrons. The number of halogens is 2. The number of methoxy groups -OCH3 is 1. The van der Waals surface area contributed by atoms with E-state index in [4.69, 9.17) is 14.2 Å². The van der Waals surface area contributed by atoms with Gasteiger partial charge < -0.3 is 30.2 Å². The van der Waals surface area contributed by atoms with Gasteiger partial charge in [0.05, 0.1) is 13.2 Å². The van der Waals surface area contributed by atoms with E-state index >= 15 is 0 Å². The highest BCUT2D eigenvalue weighted by atomic mass is 35.5. The van der Waals surface area contributed by atoms with Gasteiger partial charge in [-0.15, -0.1) is 12.4 Å². The number of amides is 2. The SMILES string of the molecule is COc1ccc2cc1-c1cccc(c1)OCC(=O)NCc1cc(F)cc(c1)O[C@@H]1CCNC[C@H]1NC2=O.Cl. The number of ether oxygens (including phenoxy) is 3. The first-order valence-electron chi connectivity index (χ1n) is 12.1. The fourth-order valence-electron chi connectivity index (χ4n) is 4.57. The zero-order valence-corrected chi connectivity index (χ0v) is 21.6. The molecule has 1 fully saturated rings. The molecule has 2 aliphatic rings. The molecule has 0 spiro atoms. The molecule has 0 aliphatic carbocycles. The molecule has 0 unspecified atom stereocenters. The Morgan fingerprint density at radius 1 is 1.00 bits per heavy atom. The van der Waals surface area contributed by atoms with Crippen LogP contribution in [0.25, 0.3) is 11.1 Å². The number of nitrogens with one attached hydrogen (secondary N) is 3. The van der Waals surface area contributed by atoms with Gasteiger partial charge in [-0.25, -0.2) is 4.39 Å². The molecule has 10 heteroatoms. The Kier molecular flexibility index (Phi) is 8.70. The average molecular weight is 542 g/mol. The number of hydrogen-bond donors (Lipinski definition) is 3. The van der Waals surface area contributed by atoms with E-state index in [1.165, 1.54) is 12.1 Å². The van der Waals surface area contributed by atoms with E-state index in [0.29, 0.717) is 53.4 Å². The van der Waals surface area contributed by atoms with Crippen molar-refractivity contribution in [2.45, 2.75) is 25.1 Å². The highest BCUT2D eigenvalue weighted by Gasteiger charge is 2.29. The molecular weight excluding hydrogens is 513 g/mol. The summed E-state index contributed by atoms with van der Waals surface area (Å²) >= 11 is 0. The molecule has 0 aromatic heterocycles. The number of fused-ring (bicyclic) bond motifs is 8. The van der Waals surface area contributed by atoms with Crippen LogP contribution < -0.4 is 30.2 Å². The van der Waals surface area contributed by atoms with Gasteiger partial charge in [-0.1, -0.05) is 12.1 Å². The minimum atomic E-state index is -0.471.